The molecule has 0 aromatic heterocycles. The first kappa shape index (κ1) is 19.5. The summed E-state index contributed by atoms with van der Waals surface area (Å²) >= 11 is 0. The summed E-state index contributed by atoms with van der Waals surface area (Å²) in [6.45, 7) is 4.70. The fourth-order valence-corrected chi connectivity index (χ4v) is 4.76. The molecular weight excluding hydrogens is 397 g/mol. The molecule has 1 saturated carbocycles. The summed E-state index contributed by atoms with van der Waals surface area (Å²) in [4.78, 5) is 2.46. The SMILES string of the molecule is FC(F)(F)Oc1cccc(CNCC2C3CN(Cc4cccc5c4OCO5)CC23)c1. The monoisotopic (exact) mass is 420 g/mol. The molecule has 1 N–H and O–H groups in total. The Kier molecular flexibility index (Phi) is 4.99. The summed E-state index contributed by atoms with van der Waals surface area (Å²) in [7, 11) is 0. The van der Waals surface area contributed by atoms with Gasteiger partial charge in [-0.25, -0.2) is 0 Å². The quantitative estimate of drug-likeness (QED) is 0.739. The molecule has 3 aliphatic rings. The third-order valence-corrected chi connectivity index (χ3v) is 6.16. The van der Waals surface area contributed by atoms with Crippen molar-refractivity contribution in [3.8, 4) is 17.2 Å². The van der Waals surface area contributed by atoms with Crippen molar-refractivity contribution in [2.75, 3.05) is 26.4 Å². The summed E-state index contributed by atoms with van der Waals surface area (Å²) in [6.07, 6.45) is -4.66. The Morgan fingerprint density at radius 2 is 1.87 bits per heavy atom. The van der Waals surface area contributed by atoms with Crippen LogP contribution in [0, 0.1) is 17.8 Å². The number of nitrogens with zero attached hydrogens (tertiary/aromatic N) is 1. The molecular formula is C22H23F3N2O3. The van der Waals surface area contributed by atoms with Crippen LogP contribution in [0.5, 0.6) is 17.2 Å². The standard InChI is InChI=1S/C22H23F3N2O3/c23-22(24,25)30-16-5-1-3-14(7-16)8-26-9-17-18-11-27(12-19(17)18)10-15-4-2-6-20-21(15)29-13-28-20/h1-7,17-19,26H,8-13H2. The van der Waals surface area contributed by atoms with Crippen molar-refractivity contribution < 1.29 is 27.4 Å². The molecule has 2 aromatic carbocycles. The van der Waals surface area contributed by atoms with E-state index in [1.165, 1.54) is 17.7 Å². The van der Waals surface area contributed by atoms with Crippen molar-refractivity contribution in [3.05, 3.63) is 53.6 Å². The number of alkyl halides is 3. The number of likely N-dealkylation sites (tertiary alicyclic amines) is 1. The zero-order valence-corrected chi connectivity index (χ0v) is 16.3. The highest BCUT2D eigenvalue weighted by molar-refractivity contribution is 5.48. The van der Waals surface area contributed by atoms with Gasteiger partial charge in [-0.2, -0.15) is 0 Å². The van der Waals surface area contributed by atoms with Gasteiger partial charge in [0.15, 0.2) is 11.5 Å². The van der Waals surface area contributed by atoms with Crippen LogP contribution in [-0.2, 0) is 13.1 Å². The van der Waals surface area contributed by atoms with Gasteiger partial charge in [-0.3, -0.25) is 4.90 Å². The second-order valence-corrected chi connectivity index (χ2v) is 8.16. The van der Waals surface area contributed by atoms with Crippen LogP contribution >= 0.6 is 0 Å². The molecule has 0 amide bonds. The number of ether oxygens (including phenoxy) is 3. The van der Waals surface area contributed by atoms with Crippen molar-refractivity contribution >= 4 is 0 Å². The minimum atomic E-state index is -4.66. The van der Waals surface area contributed by atoms with Gasteiger partial charge in [0.2, 0.25) is 6.79 Å². The van der Waals surface area contributed by atoms with Crippen LogP contribution in [0.2, 0.25) is 0 Å². The number of rotatable bonds is 7. The van der Waals surface area contributed by atoms with Gasteiger partial charge in [0.25, 0.3) is 0 Å². The second-order valence-electron chi connectivity index (χ2n) is 8.16. The Morgan fingerprint density at radius 1 is 1.07 bits per heavy atom. The molecule has 2 aromatic rings. The molecule has 8 heteroatoms. The Balaban J connectivity index is 1.07. The number of halogens is 3. The van der Waals surface area contributed by atoms with Crippen molar-refractivity contribution in [2.24, 2.45) is 17.8 Å². The number of hydrogen-bond donors (Lipinski definition) is 1. The van der Waals surface area contributed by atoms with E-state index in [2.05, 4.69) is 21.0 Å². The Labute approximate surface area is 172 Å². The fourth-order valence-electron chi connectivity index (χ4n) is 4.76. The molecule has 0 spiro atoms. The van der Waals surface area contributed by atoms with E-state index in [-0.39, 0.29) is 12.5 Å². The van der Waals surface area contributed by atoms with E-state index in [1.807, 2.05) is 12.1 Å². The minimum Gasteiger partial charge on any atom is -0.454 e. The summed E-state index contributed by atoms with van der Waals surface area (Å²) in [5.41, 5.74) is 1.95. The predicted octanol–water partition coefficient (Wildman–Crippen LogP) is 3.78. The van der Waals surface area contributed by atoms with E-state index in [9.17, 15) is 13.2 Å². The third-order valence-electron chi connectivity index (χ3n) is 6.16. The molecule has 30 heavy (non-hydrogen) atoms. The van der Waals surface area contributed by atoms with Gasteiger partial charge < -0.3 is 19.5 Å². The molecule has 1 aliphatic carbocycles. The van der Waals surface area contributed by atoms with E-state index >= 15 is 0 Å². The minimum absolute atomic E-state index is 0.178. The number of nitrogens with one attached hydrogen (secondary N) is 1. The smallest absolute Gasteiger partial charge is 0.454 e. The molecule has 1 saturated heterocycles. The predicted molar refractivity (Wildman–Crippen MR) is 103 cm³/mol. The number of benzene rings is 2. The maximum absolute atomic E-state index is 12.4. The summed E-state index contributed by atoms with van der Waals surface area (Å²) in [6, 6.07) is 12.1. The van der Waals surface area contributed by atoms with Gasteiger partial charge in [-0.1, -0.05) is 24.3 Å². The Hall–Kier alpha value is -2.45. The van der Waals surface area contributed by atoms with Gasteiger partial charge in [-0.05, 0) is 48.1 Å². The molecule has 5 rings (SSSR count). The zero-order chi connectivity index (χ0) is 20.7. The third kappa shape index (κ3) is 4.20. The van der Waals surface area contributed by atoms with Crippen molar-refractivity contribution in [1.29, 1.82) is 0 Å². The van der Waals surface area contributed by atoms with Gasteiger partial charge in [0, 0.05) is 31.7 Å². The topological polar surface area (TPSA) is 43.0 Å². The van der Waals surface area contributed by atoms with Crippen LogP contribution in [0.15, 0.2) is 42.5 Å². The lowest BCUT2D eigenvalue weighted by Crippen LogP contribution is -2.27. The molecule has 2 aliphatic heterocycles. The van der Waals surface area contributed by atoms with E-state index in [1.54, 1.807) is 12.1 Å². The van der Waals surface area contributed by atoms with E-state index in [4.69, 9.17) is 9.47 Å². The highest BCUT2D eigenvalue weighted by Gasteiger charge is 2.54. The van der Waals surface area contributed by atoms with Gasteiger partial charge >= 0.3 is 6.36 Å². The van der Waals surface area contributed by atoms with Crippen LogP contribution in [0.3, 0.4) is 0 Å². The number of piperidine rings is 1. The fraction of sp³-hybridized carbons (Fsp3) is 0.455. The van der Waals surface area contributed by atoms with Crippen molar-refractivity contribution in [3.63, 3.8) is 0 Å². The molecule has 5 nitrogen and oxygen atoms in total. The summed E-state index contributed by atoms with van der Waals surface area (Å²) in [5.74, 6) is 3.52. The molecule has 2 unspecified atom stereocenters. The van der Waals surface area contributed by atoms with Crippen LogP contribution in [0.1, 0.15) is 11.1 Å². The number of para-hydroxylation sites is 1. The van der Waals surface area contributed by atoms with Crippen LogP contribution in [0.25, 0.3) is 0 Å². The largest absolute Gasteiger partial charge is 0.573 e. The first-order valence-electron chi connectivity index (χ1n) is 10.1. The molecule has 0 radical (unpaired) electrons. The number of fused-ring (bicyclic) bond motifs is 2. The lowest BCUT2D eigenvalue weighted by Gasteiger charge is -2.20. The molecule has 2 atom stereocenters. The lowest BCUT2D eigenvalue weighted by molar-refractivity contribution is -0.274. The Bertz CT molecular complexity index is 909. The first-order valence-corrected chi connectivity index (χ1v) is 10.1. The maximum Gasteiger partial charge on any atom is 0.573 e. The summed E-state index contributed by atoms with van der Waals surface area (Å²) < 4.78 is 52.1. The normalized spacial score (nSPS) is 24.7. The van der Waals surface area contributed by atoms with E-state index in [0.29, 0.717) is 24.3 Å². The molecule has 0 bridgehead atoms. The highest BCUT2D eigenvalue weighted by Crippen LogP contribution is 2.52. The van der Waals surface area contributed by atoms with Gasteiger partial charge in [0.05, 0.1) is 0 Å². The van der Waals surface area contributed by atoms with Crippen molar-refractivity contribution in [2.45, 2.75) is 19.5 Å². The zero-order valence-electron chi connectivity index (χ0n) is 16.3. The van der Waals surface area contributed by atoms with Crippen LogP contribution < -0.4 is 19.5 Å². The first-order chi connectivity index (χ1) is 14.5. The van der Waals surface area contributed by atoms with E-state index < -0.39 is 6.36 Å². The molecule has 2 heterocycles. The Morgan fingerprint density at radius 3 is 2.67 bits per heavy atom. The molecule has 2 fully saturated rings. The molecule has 160 valence electrons. The summed E-state index contributed by atoms with van der Waals surface area (Å²) in [5, 5.41) is 3.39. The highest BCUT2D eigenvalue weighted by atomic mass is 19.4. The maximum atomic E-state index is 12.4. The van der Waals surface area contributed by atoms with Crippen LogP contribution in [-0.4, -0.2) is 37.7 Å². The van der Waals surface area contributed by atoms with Gasteiger partial charge in [0.1, 0.15) is 5.75 Å². The lowest BCUT2D eigenvalue weighted by atomic mass is 10.1. The van der Waals surface area contributed by atoms with Gasteiger partial charge in [-0.15, -0.1) is 13.2 Å². The van der Waals surface area contributed by atoms with E-state index in [0.717, 1.165) is 43.2 Å². The average molecular weight is 420 g/mol. The van der Waals surface area contributed by atoms with Crippen molar-refractivity contribution in [1.82, 2.24) is 10.2 Å². The van der Waals surface area contributed by atoms with Crippen LogP contribution in [0.4, 0.5) is 13.2 Å². The average Bonchev–Trinajstić information content (AvgIpc) is 3.05. The second kappa shape index (κ2) is 7.67. The number of hydrogen-bond acceptors (Lipinski definition) is 5.